The van der Waals surface area contributed by atoms with E-state index in [0.29, 0.717) is 6.61 Å². The number of pyridine rings is 1. The summed E-state index contributed by atoms with van der Waals surface area (Å²) in [7, 11) is 0. The predicted octanol–water partition coefficient (Wildman–Crippen LogP) is 6.88. The number of carboxylic acids is 1. The first-order chi connectivity index (χ1) is 22.6. The number of benzene rings is 3. The first kappa shape index (κ1) is 30.3. The summed E-state index contributed by atoms with van der Waals surface area (Å²) in [6.07, 6.45) is 1.43. The van der Waals surface area contributed by atoms with E-state index in [2.05, 4.69) is 9.97 Å². The lowest BCUT2D eigenvalue weighted by Gasteiger charge is -2.22. The zero-order chi connectivity index (χ0) is 33.0. The maximum atomic E-state index is 15.7. The average Bonchev–Trinajstić information content (AvgIpc) is 3.58. The van der Waals surface area contributed by atoms with Gasteiger partial charge in [-0.15, -0.1) is 0 Å². The van der Waals surface area contributed by atoms with Crippen LogP contribution in [-0.4, -0.2) is 38.8 Å². The van der Waals surface area contributed by atoms with Crippen LogP contribution in [0, 0.1) is 45.8 Å². The molecule has 1 aliphatic heterocycles. The van der Waals surface area contributed by atoms with Crippen LogP contribution in [0.15, 0.2) is 54.6 Å². The normalized spacial score (nSPS) is 16.5. The van der Waals surface area contributed by atoms with Gasteiger partial charge in [-0.3, -0.25) is 0 Å². The number of hydrogen-bond acceptors (Lipinski definition) is 6. The first-order valence-electron chi connectivity index (χ1n) is 14.5. The Kier molecular flexibility index (Phi) is 7.40. The molecule has 3 heterocycles. The molecule has 8 nitrogen and oxygen atoms in total. The summed E-state index contributed by atoms with van der Waals surface area (Å²) in [5, 5.41) is 18.4. The van der Waals surface area contributed by atoms with E-state index in [1.165, 1.54) is 18.2 Å². The molecule has 2 aliphatic rings. The summed E-state index contributed by atoms with van der Waals surface area (Å²) in [6.45, 7) is 0.295. The Balaban J connectivity index is 1.21. The van der Waals surface area contributed by atoms with Crippen LogP contribution in [0.4, 0.5) is 22.0 Å². The van der Waals surface area contributed by atoms with Gasteiger partial charge >= 0.3 is 5.97 Å². The molecular formula is C34H23F5N4O4. The molecule has 1 spiro atoms. The number of hydrogen-bond donors (Lipinski definition) is 1. The minimum atomic E-state index is -1.32. The predicted molar refractivity (Wildman–Crippen MR) is 156 cm³/mol. The Morgan fingerprint density at radius 1 is 0.957 bits per heavy atom. The second kappa shape index (κ2) is 11.5. The number of carbonyl (C=O) groups is 1. The van der Waals surface area contributed by atoms with Crippen molar-refractivity contribution in [2.75, 3.05) is 13.2 Å². The van der Waals surface area contributed by atoms with Crippen LogP contribution < -0.4 is 4.74 Å². The molecule has 2 aromatic heterocycles. The van der Waals surface area contributed by atoms with Crippen LogP contribution in [-0.2, 0) is 17.8 Å². The third-order valence-corrected chi connectivity index (χ3v) is 8.77. The molecule has 1 atom stereocenters. The van der Waals surface area contributed by atoms with E-state index in [1.807, 2.05) is 0 Å². The minimum absolute atomic E-state index is 0.0269. The van der Waals surface area contributed by atoms with Gasteiger partial charge in [-0.1, -0.05) is 6.07 Å². The number of imidazole rings is 1. The number of fused-ring (bicyclic) bond motifs is 1. The molecule has 0 amide bonds. The lowest BCUT2D eigenvalue weighted by atomic mass is 9.99. The van der Waals surface area contributed by atoms with Crippen LogP contribution in [0.25, 0.3) is 22.3 Å². The Bertz CT molecular complexity index is 2140. The molecule has 47 heavy (non-hydrogen) atoms. The van der Waals surface area contributed by atoms with Crippen LogP contribution in [0.1, 0.15) is 51.8 Å². The number of carboxylic acid groups (broad SMARTS) is 1. The fourth-order valence-electron chi connectivity index (χ4n) is 6.07. The number of ether oxygens (including phenoxy) is 2. The highest BCUT2D eigenvalue weighted by atomic mass is 19.1. The van der Waals surface area contributed by atoms with E-state index in [9.17, 15) is 18.7 Å². The standard InChI is InChI=1S/C34H23F5N4O4/c35-22-3-4-27(41-32(22)47-14-18-2-1-17(13-40)7-23(18)36)21-12-24(37)19(8-25(21)38)11-30-42-31-26(39)9-20(33(44)45)10-28(31)43(30)29-15-46-16-34(29)5-6-34/h1-4,7-10,12,29H,5-6,11,14-16H2,(H,44,45). The summed E-state index contributed by atoms with van der Waals surface area (Å²) in [5.41, 5.74) is -0.814. The molecule has 1 aliphatic carbocycles. The molecule has 0 bridgehead atoms. The first-order valence-corrected chi connectivity index (χ1v) is 14.5. The Morgan fingerprint density at radius 3 is 2.47 bits per heavy atom. The Labute approximate surface area is 263 Å². The molecule has 13 heteroatoms. The van der Waals surface area contributed by atoms with Gasteiger partial charge in [-0.25, -0.2) is 36.7 Å². The van der Waals surface area contributed by atoms with Gasteiger partial charge in [0.25, 0.3) is 5.88 Å². The molecule has 1 saturated carbocycles. The van der Waals surface area contributed by atoms with Gasteiger partial charge in [-0.2, -0.15) is 5.26 Å². The molecule has 1 unspecified atom stereocenters. The number of aromatic nitrogens is 3. The molecule has 238 valence electrons. The van der Waals surface area contributed by atoms with E-state index in [4.69, 9.17) is 14.7 Å². The number of aromatic carboxylic acids is 1. The van der Waals surface area contributed by atoms with Gasteiger partial charge in [0.15, 0.2) is 11.6 Å². The van der Waals surface area contributed by atoms with Gasteiger partial charge in [0.1, 0.15) is 35.4 Å². The SMILES string of the molecule is N#Cc1ccc(COc2nc(-c3cc(F)c(Cc4nc5c(F)cc(C(=O)O)cc5n4C4COCC45CC5)cc3F)ccc2F)c(F)c1. The minimum Gasteiger partial charge on any atom is -0.478 e. The van der Waals surface area contributed by atoms with E-state index in [0.717, 1.165) is 49.2 Å². The highest BCUT2D eigenvalue weighted by Gasteiger charge is 2.55. The second-order valence-electron chi connectivity index (χ2n) is 11.7. The highest BCUT2D eigenvalue weighted by molar-refractivity contribution is 5.93. The summed E-state index contributed by atoms with van der Waals surface area (Å²) < 4.78 is 87.9. The molecule has 1 saturated heterocycles. The summed E-state index contributed by atoms with van der Waals surface area (Å²) in [4.78, 5) is 20.1. The second-order valence-corrected chi connectivity index (χ2v) is 11.7. The van der Waals surface area contributed by atoms with Crippen molar-refractivity contribution in [2.24, 2.45) is 5.41 Å². The quantitative estimate of drug-likeness (QED) is 0.183. The number of halogens is 5. The van der Waals surface area contributed by atoms with Crippen molar-refractivity contribution >= 4 is 17.0 Å². The monoisotopic (exact) mass is 646 g/mol. The van der Waals surface area contributed by atoms with Gasteiger partial charge in [0.2, 0.25) is 0 Å². The number of nitrogens with zero attached hydrogens (tertiary/aromatic N) is 4. The van der Waals surface area contributed by atoms with Crippen LogP contribution >= 0.6 is 0 Å². The van der Waals surface area contributed by atoms with E-state index in [-0.39, 0.29) is 74.9 Å². The fraction of sp³-hybridized carbons (Fsp3) is 0.235. The summed E-state index contributed by atoms with van der Waals surface area (Å²) in [6, 6.07) is 11.3. The van der Waals surface area contributed by atoms with E-state index < -0.39 is 47.5 Å². The van der Waals surface area contributed by atoms with Crippen LogP contribution in [0.5, 0.6) is 5.88 Å². The van der Waals surface area contributed by atoms with Crippen molar-refractivity contribution in [2.45, 2.75) is 31.9 Å². The van der Waals surface area contributed by atoms with Gasteiger partial charge in [0.05, 0.1) is 47.7 Å². The third kappa shape index (κ3) is 5.44. The molecule has 5 aromatic rings. The zero-order valence-electron chi connectivity index (χ0n) is 24.4. The fourth-order valence-corrected chi connectivity index (χ4v) is 6.07. The van der Waals surface area contributed by atoms with Crippen molar-refractivity contribution < 1.29 is 41.3 Å². The number of nitriles is 1. The zero-order valence-corrected chi connectivity index (χ0v) is 24.4. The highest BCUT2D eigenvalue weighted by Crippen LogP contribution is 2.58. The lowest BCUT2D eigenvalue weighted by Crippen LogP contribution is -2.21. The van der Waals surface area contributed by atoms with Crippen molar-refractivity contribution in [1.29, 1.82) is 5.26 Å². The van der Waals surface area contributed by atoms with Crippen LogP contribution in [0.3, 0.4) is 0 Å². The lowest BCUT2D eigenvalue weighted by molar-refractivity contribution is 0.0696. The maximum Gasteiger partial charge on any atom is 0.335 e. The van der Waals surface area contributed by atoms with Gasteiger partial charge in [-0.05, 0) is 66.9 Å². The summed E-state index contributed by atoms with van der Waals surface area (Å²) >= 11 is 0. The van der Waals surface area contributed by atoms with Gasteiger partial charge in [0, 0.05) is 23.0 Å². The topological polar surface area (TPSA) is 110 Å². The van der Waals surface area contributed by atoms with E-state index in [1.54, 1.807) is 10.6 Å². The largest absolute Gasteiger partial charge is 0.478 e. The Morgan fingerprint density at radius 2 is 1.74 bits per heavy atom. The van der Waals surface area contributed by atoms with Crippen molar-refractivity contribution in [3.05, 3.63) is 112 Å². The molecular weight excluding hydrogens is 623 g/mol. The average molecular weight is 647 g/mol. The van der Waals surface area contributed by atoms with Gasteiger partial charge < -0.3 is 19.1 Å². The molecule has 7 rings (SSSR count). The van der Waals surface area contributed by atoms with Crippen LogP contribution in [0.2, 0.25) is 0 Å². The Hall–Kier alpha value is -5.35. The molecule has 3 aromatic carbocycles. The van der Waals surface area contributed by atoms with Crippen molar-refractivity contribution in [1.82, 2.24) is 14.5 Å². The smallest absolute Gasteiger partial charge is 0.335 e. The van der Waals surface area contributed by atoms with E-state index >= 15 is 13.2 Å². The van der Waals surface area contributed by atoms with Crippen molar-refractivity contribution in [3.8, 4) is 23.2 Å². The molecule has 0 radical (unpaired) electrons. The molecule has 1 N–H and O–H groups in total. The van der Waals surface area contributed by atoms with Crippen molar-refractivity contribution in [3.63, 3.8) is 0 Å². The third-order valence-electron chi connectivity index (χ3n) is 8.77. The number of rotatable bonds is 8. The molecule has 2 fully saturated rings. The maximum absolute atomic E-state index is 15.7. The summed E-state index contributed by atoms with van der Waals surface area (Å²) in [5.74, 6) is -5.93.